The Hall–Kier alpha value is -2.54. The minimum atomic E-state index is -0.422. The maximum atomic E-state index is 11.3. The van der Waals surface area contributed by atoms with Crippen LogP contribution in [0.25, 0.3) is 0 Å². The highest BCUT2D eigenvalue weighted by atomic mass is 16.1. The summed E-state index contributed by atoms with van der Waals surface area (Å²) in [5.74, 6) is 1.30. The van der Waals surface area contributed by atoms with E-state index in [4.69, 9.17) is 5.73 Å². The summed E-state index contributed by atoms with van der Waals surface area (Å²) in [5.41, 5.74) is 6.98. The molecule has 0 radical (unpaired) electrons. The molecule has 3 rings (SSSR count). The van der Waals surface area contributed by atoms with Crippen LogP contribution in [0.3, 0.4) is 0 Å². The number of amides is 1. The molecule has 7 nitrogen and oxygen atoms in total. The molecule has 2 aromatic heterocycles. The fourth-order valence-corrected chi connectivity index (χ4v) is 2.95. The van der Waals surface area contributed by atoms with E-state index < -0.39 is 5.91 Å². The fraction of sp³-hybridized carbons (Fsp3) is 0.444. The van der Waals surface area contributed by atoms with E-state index in [1.807, 2.05) is 12.4 Å². The lowest BCUT2D eigenvalue weighted by Crippen LogP contribution is -2.46. The SMILES string of the molecule is CCCc1ncc(CN2CCN(c3cc(C(N)=O)ccn3)CC2)cn1. The minimum absolute atomic E-state index is 0.422. The minimum Gasteiger partial charge on any atom is -0.366 e. The Morgan fingerprint density at radius 1 is 1.16 bits per heavy atom. The molecule has 0 aromatic carbocycles. The van der Waals surface area contributed by atoms with Crippen LogP contribution in [0.1, 0.15) is 35.1 Å². The number of carbonyl (C=O) groups is 1. The topological polar surface area (TPSA) is 88.2 Å². The number of piperazine rings is 1. The standard InChI is InChI=1S/C18H24N6O/c1-2-3-16-21-11-14(12-22-16)13-23-6-8-24(9-7-23)17-10-15(18(19)25)4-5-20-17/h4-5,10-12H,2-3,6-9,13H2,1H3,(H2,19,25). The molecule has 7 heteroatoms. The maximum absolute atomic E-state index is 11.3. The summed E-state index contributed by atoms with van der Waals surface area (Å²) in [7, 11) is 0. The van der Waals surface area contributed by atoms with Crippen molar-refractivity contribution in [2.75, 3.05) is 31.1 Å². The Labute approximate surface area is 147 Å². The Morgan fingerprint density at radius 2 is 1.88 bits per heavy atom. The summed E-state index contributed by atoms with van der Waals surface area (Å²) in [6.45, 7) is 6.58. The molecule has 1 amide bonds. The average Bonchev–Trinajstić information content (AvgIpc) is 2.64. The van der Waals surface area contributed by atoms with E-state index in [-0.39, 0.29) is 0 Å². The van der Waals surface area contributed by atoms with Gasteiger partial charge in [-0.1, -0.05) is 6.92 Å². The molecule has 0 unspecified atom stereocenters. The van der Waals surface area contributed by atoms with Crippen LogP contribution in [0.4, 0.5) is 5.82 Å². The molecule has 132 valence electrons. The van der Waals surface area contributed by atoms with E-state index in [2.05, 4.69) is 31.7 Å². The van der Waals surface area contributed by atoms with Crippen molar-refractivity contribution in [2.24, 2.45) is 5.73 Å². The molecule has 2 N–H and O–H groups in total. The van der Waals surface area contributed by atoms with Gasteiger partial charge < -0.3 is 10.6 Å². The van der Waals surface area contributed by atoms with Crippen molar-refractivity contribution in [1.82, 2.24) is 19.9 Å². The van der Waals surface area contributed by atoms with Gasteiger partial charge in [0.15, 0.2) is 0 Å². The molecule has 0 aliphatic carbocycles. The largest absolute Gasteiger partial charge is 0.366 e. The predicted octanol–water partition coefficient (Wildman–Crippen LogP) is 1.25. The molecule has 1 aliphatic heterocycles. The number of aryl methyl sites for hydroxylation is 1. The molecule has 0 atom stereocenters. The third kappa shape index (κ3) is 4.51. The van der Waals surface area contributed by atoms with Crippen LogP contribution in [0, 0.1) is 0 Å². The van der Waals surface area contributed by atoms with Crippen LogP contribution < -0.4 is 10.6 Å². The Morgan fingerprint density at radius 3 is 2.52 bits per heavy atom. The zero-order valence-electron chi connectivity index (χ0n) is 14.6. The molecule has 1 fully saturated rings. The number of pyridine rings is 1. The summed E-state index contributed by atoms with van der Waals surface area (Å²) in [4.78, 5) is 29.1. The highest BCUT2D eigenvalue weighted by molar-refractivity contribution is 5.93. The molecule has 0 spiro atoms. The predicted molar refractivity (Wildman–Crippen MR) is 96.3 cm³/mol. The van der Waals surface area contributed by atoms with Crippen LogP contribution >= 0.6 is 0 Å². The summed E-state index contributed by atoms with van der Waals surface area (Å²) >= 11 is 0. The van der Waals surface area contributed by atoms with Crippen molar-refractivity contribution in [1.29, 1.82) is 0 Å². The molecule has 1 aliphatic rings. The van der Waals surface area contributed by atoms with Gasteiger partial charge in [0, 0.05) is 68.9 Å². The van der Waals surface area contributed by atoms with E-state index in [0.717, 1.165) is 62.8 Å². The van der Waals surface area contributed by atoms with Crippen LogP contribution in [0.2, 0.25) is 0 Å². The van der Waals surface area contributed by atoms with Gasteiger partial charge in [-0.25, -0.2) is 15.0 Å². The Balaban J connectivity index is 1.55. The van der Waals surface area contributed by atoms with Gasteiger partial charge in [0.2, 0.25) is 5.91 Å². The van der Waals surface area contributed by atoms with Crippen LogP contribution in [-0.2, 0) is 13.0 Å². The molecule has 0 bridgehead atoms. The third-order valence-corrected chi connectivity index (χ3v) is 4.36. The Kier molecular flexibility index (Phi) is 5.55. The number of aromatic nitrogens is 3. The molecule has 1 saturated heterocycles. The quantitative estimate of drug-likeness (QED) is 0.851. The third-order valence-electron chi connectivity index (χ3n) is 4.36. The van der Waals surface area contributed by atoms with Crippen molar-refractivity contribution in [3.63, 3.8) is 0 Å². The van der Waals surface area contributed by atoms with Crippen molar-refractivity contribution >= 4 is 11.7 Å². The van der Waals surface area contributed by atoms with Crippen molar-refractivity contribution in [3.8, 4) is 0 Å². The molecule has 0 saturated carbocycles. The average molecular weight is 340 g/mol. The maximum Gasteiger partial charge on any atom is 0.248 e. The lowest BCUT2D eigenvalue weighted by molar-refractivity contribution is 0.1000. The van der Waals surface area contributed by atoms with Gasteiger partial charge in [0.1, 0.15) is 11.6 Å². The number of rotatable bonds is 6. The monoisotopic (exact) mass is 340 g/mol. The van der Waals surface area contributed by atoms with E-state index in [1.54, 1.807) is 18.3 Å². The lowest BCUT2D eigenvalue weighted by Gasteiger charge is -2.35. The molecule has 25 heavy (non-hydrogen) atoms. The first kappa shape index (κ1) is 17.3. The number of primary amides is 1. The van der Waals surface area contributed by atoms with Gasteiger partial charge in [-0.2, -0.15) is 0 Å². The number of hydrogen-bond donors (Lipinski definition) is 1. The second kappa shape index (κ2) is 8.02. The second-order valence-electron chi connectivity index (χ2n) is 6.29. The summed E-state index contributed by atoms with van der Waals surface area (Å²) in [5, 5.41) is 0. The van der Waals surface area contributed by atoms with E-state index in [0.29, 0.717) is 5.56 Å². The highest BCUT2D eigenvalue weighted by Crippen LogP contribution is 2.16. The number of carbonyl (C=O) groups excluding carboxylic acids is 1. The Bertz CT molecular complexity index is 710. The normalized spacial score (nSPS) is 15.3. The van der Waals surface area contributed by atoms with E-state index >= 15 is 0 Å². The van der Waals surface area contributed by atoms with Gasteiger partial charge in [0.05, 0.1) is 0 Å². The molecule has 2 aromatic rings. The number of hydrogen-bond acceptors (Lipinski definition) is 6. The van der Waals surface area contributed by atoms with Crippen molar-refractivity contribution < 1.29 is 4.79 Å². The lowest BCUT2D eigenvalue weighted by atomic mass is 10.2. The number of nitrogens with zero attached hydrogens (tertiary/aromatic N) is 5. The molecular formula is C18H24N6O. The number of nitrogens with two attached hydrogens (primary N) is 1. The summed E-state index contributed by atoms with van der Waals surface area (Å²) in [6, 6.07) is 3.41. The van der Waals surface area contributed by atoms with E-state index in [1.165, 1.54) is 0 Å². The van der Waals surface area contributed by atoms with Gasteiger partial charge in [-0.05, 0) is 18.6 Å². The number of anilines is 1. The zero-order chi connectivity index (χ0) is 17.6. The smallest absolute Gasteiger partial charge is 0.248 e. The highest BCUT2D eigenvalue weighted by Gasteiger charge is 2.19. The van der Waals surface area contributed by atoms with Crippen LogP contribution in [-0.4, -0.2) is 51.9 Å². The van der Waals surface area contributed by atoms with Gasteiger partial charge in [0.25, 0.3) is 0 Å². The van der Waals surface area contributed by atoms with Crippen molar-refractivity contribution in [3.05, 3.63) is 47.7 Å². The second-order valence-corrected chi connectivity index (χ2v) is 6.29. The summed E-state index contributed by atoms with van der Waals surface area (Å²) in [6.07, 6.45) is 7.49. The zero-order valence-corrected chi connectivity index (χ0v) is 14.6. The van der Waals surface area contributed by atoms with E-state index in [9.17, 15) is 4.79 Å². The first-order chi connectivity index (χ1) is 12.2. The molecular weight excluding hydrogens is 316 g/mol. The first-order valence-corrected chi connectivity index (χ1v) is 8.68. The summed E-state index contributed by atoms with van der Waals surface area (Å²) < 4.78 is 0. The van der Waals surface area contributed by atoms with Crippen LogP contribution in [0.5, 0.6) is 0 Å². The molecule has 3 heterocycles. The fourth-order valence-electron chi connectivity index (χ4n) is 2.95. The van der Waals surface area contributed by atoms with Crippen LogP contribution in [0.15, 0.2) is 30.7 Å². The van der Waals surface area contributed by atoms with Crippen molar-refractivity contribution in [2.45, 2.75) is 26.3 Å². The van der Waals surface area contributed by atoms with Gasteiger partial charge >= 0.3 is 0 Å². The first-order valence-electron chi connectivity index (χ1n) is 8.68. The van der Waals surface area contributed by atoms with Gasteiger partial charge in [-0.3, -0.25) is 9.69 Å². The van der Waals surface area contributed by atoms with Gasteiger partial charge in [-0.15, -0.1) is 0 Å².